The number of ether oxygens (including phenoxy) is 1. The molecular weight excluding hydrogens is 436 g/mol. The average molecular weight is 461 g/mol. The molecule has 33 heavy (non-hydrogen) atoms. The van der Waals surface area contributed by atoms with E-state index in [-0.39, 0.29) is 5.91 Å². The maximum absolute atomic E-state index is 13.4. The highest BCUT2D eigenvalue weighted by Crippen LogP contribution is 2.33. The SMILES string of the molecule is Cc1ccccc1-n1nc2c(c1-n1cccc1)CN(C(=O)C(C)(C)Oc1ccc(Cl)cc1)C2. The molecule has 2 aromatic heterocycles. The van der Waals surface area contributed by atoms with Crippen molar-refractivity contribution < 1.29 is 9.53 Å². The molecule has 0 unspecified atom stereocenters. The number of halogens is 1. The zero-order chi connectivity index (χ0) is 23.2. The van der Waals surface area contributed by atoms with Crippen LogP contribution in [0.15, 0.2) is 73.1 Å². The lowest BCUT2D eigenvalue weighted by Gasteiger charge is -2.30. The van der Waals surface area contributed by atoms with Gasteiger partial charge in [0.25, 0.3) is 5.91 Å². The topological polar surface area (TPSA) is 52.3 Å². The van der Waals surface area contributed by atoms with Crippen molar-refractivity contribution >= 4 is 17.5 Å². The normalized spacial score (nSPS) is 13.3. The van der Waals surface area contributed by atoms with Crippen LogP contribution in [0.2, 0.25) is 5.02 Å². The Hall–Kier alpha value is -3.51. The molecule has 0 fully saturated rings. The molecule has 1 amide bonds. The van der Waals surface area contributed by atoms with Gasteiger partial charge in [0.1, 0.15) is 11.6 Å². The largest absolute Gasteiger partial charge is 0.478 e. The summed E-state index contributed by atoms with van der Waals surface area (Å²) in [5, 5.41) is 5.56. The molecule has 5 rings (SSSR count). The molecule has 168 valence electrons. The van der Waals surface area contributed by atoms with Gasteiger partial charge >= 0.3 is 0 Å². The molecule has 1 aliphatic heterocycles. The van der Waals surface area contributed by atoms with E-state index >= 15 is 0 Å². The Morgan fingerprint density at radius 3 is 2.39 bits per heavy atom. The van der Waals surface area contributed by atoms with E-state index in [1.54, 1.807) is 38.1 Å². The van der Waals surface area contributed by atoms with Crippen molar-refractivity contribution in [3.05, 3.63) is 94.9 Å². The van der Waals surface area contributed by atoms with Gasteiger partial charge in [-0.25, -0.2) is 4.68 Å². The lowest BCUT2D eigenvalue weighted by atomic mass is 10.1. The van der Waals surface area contributed by atoms with Gasteiger partial charge in [0.2, 0.25) is 0 Å². The first-order valence-electron chi connectivity index (χ1n) is 10.9. The second kappa shape index (κ2) is 8.12. The van der Waals surface area contributed by atoms with Crippen molar-refractivity contribution in [3.8, 4) is 17.3 Å². The van der Waals surface area contributed by atoms with E-state index in [4.69, 9.17) is 21.4 Å². The molecule has 0 bridgehead atoms. The summed E-state index contributed by atoms with van der Waals surface area (Å²) in [7, 11) is 0. The highest BCUT2D eigenvalue weighted by Gasteiger charge is 2.39. The fourth-order valence-electron chi connectivity index (χ4n) is 4.28. The van der Waals surface area contributed by atoms with Gasteiger partial charge in [-0.05, 0) is 68.8 Å². The van der Waals surface area contributed by atoms with Crippen LogP contribution in [-0.2, 0) is 17.9 Å². The molecule has 0 atom stereocenters. The van der Waals surface area contributed by atoms with E-state index in [9.17, 15) is 4.79 Å². The lowest BCUT2D eigenvalue weighted by molar-refractivity contribution is -0.146. The number of fused-ring (bicyclic) bond motifs is 1. The Morgan fingerprint density at radius 1 is 1.00 bits per heavy atom. The van der Waals surface area contributed by atoms with Crippen LogP contribution >= 0.6 is 11.6 Å². The number of aryl methyl sites for hydroxylation is 1. The highest BCUT2D eigenvalue weighted by molar-refractivity contribution is 6.30. The van der Waals surface area contributed by atoms with Gasteiger partial charge in [0.05, 0.1) is 24.5 Å². The van der Waals surface area contributed by atoms with Crippen molar-refractivity contribution in [2.24, 2.45) is 0 Å². The van der Waals surface area contributed by atoms with E-state index in [2.05, 4.69) is 23.6 Å². The van der Waals surface area contributed by atoms with Crippen molar-refractivity contribution in [2.75, 3.05) is 0 Å². The predicted molar refractivity (Wildman–Crippen MR) is 128 cm³/mol. The molecule has 1 aliphatic rings. The fourth-order valence-corrected chi connectivity index (χ4v) is 4.40. The van der Waals surface area contributed by atoms with Gasteiger partial charge in [-0.2, -0.15) is 5.10 Å². The van der Waals surface area contributed by atoms with Crippen LogP contribution in [0.1, 0.15) is 30.7 Å². The van der Waals surface area contributed by atoms with Crippen molar-refractivity contribution in [1.29, 1.82) is 0 Å². The number of nitrogens with zero attached hydrogens (tertiary/aromatic N) is 4. The van der Waals surface area contributed by atoms with Crippen LogP contribution < -0.4 is 4.74 Å². The minimum Gasteiger partial charge on any atom is -0.478 e. The van der Waals surface area contributed by atoms with Crippen molar-refractivity contribution in [1.82, 2.24) is 19.2 Å². The summed E-state index contributed by atoms with van der Waals surface area (Å²) >= 11 is 5.97. The molecule has 6 nitrogen and oxygen atoms in total. The van der Waals surface area contributed by atoms with Gasteiger partial charge in [0, 0.05) is 23.0 Å². The summed E-state index contributed by atoms with van der Waals surface area (Å²) < 4.78 is 10.1. The number of amides is 1. The van der Waals surface area contributed by atoms with Crippen LogP contribution in [0.4, 0.5) is 0 Å². The van der Waals surface area contributed by atoms with Gasteiger partial charge < -0.3 is 14.2 Å². The minimum atomic E-state index is -1.03. The third kappa shape index (κ3) is 3.91. The van der Waals surface area contributed by atoms with Crippen molar-refractivity contribution in [3.63, 3.8) is 0 Å². The Kier molecular flexibility index (Phi) is 5.25. The molecule has 0 radical (unpaired) electrons. The molecule has 2 aromatic carbocycles. The summed E-state index contributed by atoms with van der Waals surface area (Å²) in [6.45, 7) is 6.57. The van der Waals surface area contributed by atoms with E-state index in [0.29, 0.717) is 23.9 Å². The van der Waals surface area contributed by atoms with Crippen LogP contribution in [0.3, 0.4) is 0 Å². The second-order valence-electron chi connectivity index (χ2n) is 8.76. The summed E-state index contributed by atoms with van der Waals surface area (Å²) in [5.74, 6) is 1.47. The Labute approximate surface area is 198 Å². The van der Waals surface area contributed by atoms with Crippen LogP contribution in [-0.4, -0.2) is 30.8 Å². The van der Waals surface area contributed by atoms with Gasteiger partial charge in [-0.1, -0.05) is 29.8 Å². The molecular formula is C26H25ClN4O2. The fraction of sp³-hybridized carbons (Fsp3) is 0.231. The molecule has 3 heterocycles. The second-order valence-corrected chi connectivity index (χ2v) is 9.20. The number of aromatic nitrogens is 3. The first kappa shape index (κ1) is 21.3. The monoisotopic (exact) mass is 460 g/mol. The standard InChI is InChI=1S/C26H25ClN4O2/c1-18-8-4-5-9-23(18)31-24(29-14-6-7-15-29)21-16-30(17-22(21)28-31)25(32)26(2,3)33-20-12-10-19(27)11-13-20/h4-15H,16-17H2,1-3H3. The zero-order valence-corrected chi connectivity index (χ0v) is 19.6. The number of hydrogen-bond donors (Lipinski definition) is 0. The van der Waals surface area contributed by atoms with Crippen LogP contribution in [0, 0.1) is 6.92 Å². The molecule has 0 N–H and O–H groups in total. The minimum absolute atomic E-state index is 0.0867. The molecule has 0 spiro atoms. The average Bonchev–Trinajstić information content (AvgIpc) is 3.51. The molecule has 0 saturated carbocycles. The van der Waals surface area contributed by atoms with E-state index in [0.717, 1.165) is 28.3 Å². The molecule has 7 heteroatoms. The summed E-state index contributed by atoms with van der Waals surface area (Å²) in [6, 6.07) is 19.2. The summed E-state index contributed by atoms with van der Waals surface area (Å²) in [5.41, 5.74) is 3.08. The highest BCUT2D eigenvalue weighted by atomic mass is 35.5. The van der Waals surface area contributed by atoms with Crippen molar-refractivity contribution in [2.45, 2.75) is 39.5 Å². The molecule has 4 aromatic rings. The quantitative estimate of drug-likeness (QED) is 0.404. The number of rotatable bonds is 5. The van der Waals surface area contributed by atoms with E-state index in [1.165, 1.54) is 0 Å². The first-order chi connectivity index (χ1) is 15.8. The smallest absolute Gasteiger partial charge is 0.266 e. The number of carbonyl (C=O) groups excluding carboxylic acids is 1. The zero-order valence-electron chi connectivity index (χ0n) is 18.8. The van der Waals surface area contributed by atoms with Crippen LogP contribution in [0.5, 0.6) is 5.75 Å². The number of hydrogen-bond acceptors (Lipinski definition) is 3. The summed E-state index contributed by atoms with van der Waals surface area (Å²) in [4.78, 5) is 15.3. The number of carbonyl (C=O) groups is 1. The third-order valence-electron chi connectivity index (χ3n) is 5.91. The Balaban J connectivity index is 1.45. The first-order valence-corrected chi connectivity index (χ1v) is 11.3. The lowest BCUT2D eigenvalue weighted by Crippen LogP contribution is -2.47. The van der Waals surface area contributed by atoms with E-state index in [1.807, 2.05) is 46.2 Å². The maximum Gasteiger partial charge on any atom is 0.266 e. The predicted octanol–water partition coefficient (Wildman–Crippen LogP) is 5.32. The van der Waals surface area contributed by atoms with Gasteiger partial charge in [0.15, 0.2) is 5.60 Å². The number of para-hydroxylation sites is 1. The van der Waals surface area contributed by atoms with Gasteiger partial charge in [-0.3, -0.25) is 4.79 Å². The van der Waals surface area contributed by atoms with Gasteiger partial charge in [-0.15, -0.1) is 0 Å². The molecule has 0 saturated heterocycles. The Bertz CT molecular complexity index is 1310. The van der Waals surface area contributed by atoms with Crippen LogP contribution in [0.25, 0.3) is 11.5 Å². The Morgan fingerprint density at radius 2 is 1.70 bits per heavy atom. The third-order valence-corrected chi connectivity index (χ3v) is 6.16. The van der Waals surface area contributed by atoms with E-state index < -0.39 is 5.60 Å². The number of benzene rings is 2. The maximum atomic E-state index is 13.4. The molecule has 0 aliphatic carbocycles. The summed E-state index contributed by atoms with van der Waals surface area (Å²) in [6.07, 6.45) is 4.01.